The SMILES string of the molecule is CCOC(=O)CC1CC=C(c2nc(OCOC)ncc2F)CC1. The number of ether oxygens (including phenoxy) is 3. The van der Waals surface area contributed by atoms with E-state index in [1.807, 2.05) is 6.08 Å². The van der Waals surface area contributed by atoms with E-state index in [2.05, 4.69) is 9.97 Å². The van der Waals surface area contributed by atoms with Gasteiger partial charge in [-0.05, 0) is 37.7 Å². The van der Waals surface area contributed by atoms with E-state index in [9.17, 15) is 9.18 Å². The van der Waals surface area contributed by atoms with E-state index in [0.29, 0.717) is 25.9 Å². The zero-order valence-corrected chi connectivity index (χ0v) is 13.4. The Morgan fingerprint density at radius 3 is 2.96 bits per heavy atom. The Balaban J connectivity index is 2.02. The topological polar surface area (TPSA) is 70.5 Å². The number of esters is 1. The number of carbonyl (C=O) groups excluding carboxylic acids is 1. The minimum absolute atomic E-state index is 0.00569. The Hall–Kier alpha value is -2.02. The van der Waals surface area contributed by atoms with Crippen LogP contribution in [0.2, 0.25) is 0 Å². The van der Waals surface area contributed by atoms with E-state index >= 15 is 0 Å². The van der Waals surface area contributed by atoms with Crippen LogP contribution in [0.4, 0.5) is 4.39 Å². The Kier molecular flexibility index (Phi) is 6.46. The van der Waals surface area contributed by atoms with Gasteiger partial charge in [-0.15, -0.1) is 0 Å². The van der Waals surface area contributed by atoms with Crippen molar-refractivity contribution in [2.75, 3.05) is 20.5 Å². The number of carbonyl (C=O) groups is 1. The zero-order chi connectivity index (χ0) is 16.7. The Bertz CT molecular complexity index is 577. The highest BCUT2D eigenvalue weighted by atomic mass is 19.1. The van der Waals surface area contributed by atoms with Gasteiger partial charge in [0.1, 0.15) is 5.69 Å². The van der Waals surface area contributed by atoms with Gasteiger partial charge in [0.2, 0.25) is 0 Å². The van der Waals surface area contributed by atoms with Crippen molar-refractivity contribution in [3.05, 3.63) is 23.8 Å². The average molecular weight is 324 g/mol. The third kappa shape index (κ3) is 4.99. The maximum atomic E-state index is 14.0. The van der Waals surface area contributed by atoms with Crippen LogP contribution in [-0.2, 0) is 14.3 Å². The Morgan fingerprint density at radius 2 is 2.30 bits per heavy atom. The molecule has 1 aliphatic rings. The van der Waals surface area contributed by atoms with Crippen LogP contribution >= 0.6 is 0 Å². The van der Waals surface area contributed by atoms with E-state index in [1.54, 1.807) is 6.92 Å². The molecule has 0 fully saturated rings. The van der Waals surface area contributed by atoms with Gasteiger partial charge in [-0.2, -0.15) is 4.98 Å². The quantitative estimate of drug-likeness (QED) is 0.567. The van der Waals surface area contributed by atoms with Crippen LogP contribution in [0.25, 0.3) is 5.57 Å². The molecule has 0 radical (unpaired) electrons. The van der Waals surface area contributed by atoms with Crippen molar-refractivity contribution in [1.82, 2.24) is 9.97 Å². The van der Waals surface area contributed by atoms with Gasteiger partial charge in [0.25, 0.3) is 0 Å². The molecule has 0 saturated carbocycles. The minimum atomic E-state index is -0.482. The molecule has 0 N–H and O–H groups in total. The molecule has 7 heteroatoms. The fraction of sp³-hybridized carbons (Fsp3) is 0.562. The number of hydrogen-bond donors (Lipinski definition) is 0. The van der Waals surface area contributed by atoms with E-state index in [4.69, 9.17) is 14.2 Å². The standard InChI is InChI=1S/C16H21FN2O4/c1-3-22-14(20)8-11-4-6-12(7-5-11)15-13(17)9-18-16(19-15)23-10-21-2/h6,9,11H,3-5,7-8,10H2,1-2H3. The molecular formula is C16H21FN2O4. The number of rotatable bonds is 7. The predicted molar refractivity (Wildman–Crippen MR) is 81.1 cm³/mol. The van der Waals surface area contributed by atoms with Crippen molar-refractivity contribution < 1.29 is 23.4 Å². The molecule has 0 amide bonds. The highest BCUT2D eigenvalue weighted by Gasteiger charge is 2.21. The molecule has 1 aromatic heterocycles. The molecule has 126 valence electrons. The maximum Gasteiger partial charge on any atom is 0.319 e. The van der Waals surface area contributed by atoms with Gasteiger partial charge in [-0.3, -0.25) is 4.79 Å². The average Bonchev–Trinajstić information content (AvgIpc) is 2.55. The van der Waals surface area contributed by atoms with Gasteiger partial charge in [-0.1, -0.05) is 6.08 Å². The summed E-state index contributed by atoms with van der Waals surface area (Å²) in [6.45, 7) is 2.19. The van der Waals surface area contributed by atoms with Gasteiger partial charge in [0.05, 0.1) is 12.8 Å². The van der Waals surface area contributed by atoms with Gasteiger partial charge in [-0.25, -0.2) is 9.37 Å². The van der Waals surface area contributed by atoms with Crippen molar-refractivity contribution in [2.45, 2.75) is 32.6 Å². The van der Waals surface area contributed by atoms with Crippen LogP contribution in [0, 0.1) is 11.7 Å². The van der Waals surface area contributed by atoms with Gasteiger partial charge < -0.3 is 14.2 Å². The van der Waals surface area contributed by atoms with Crippen molar-refractivity contribution in [3.8, 4) is 6.01 Å². The summed E-state index contributed by atoms with van der Waals surface area (Å²) in [4.78, 5) is 19.4. The molecule has 0 bridgehead atoms. The fourth-order valence-corrected chi connectivity index (χ4v) is 2.50. The first-order chi connectivity index (χ1) is 11.1. The molecular weight excluding hydrogens is 303 g/mol. The van der Waals surface area contributed by atoms with Gasteiger partial charge >= 0.3 is 12.0 Å². The summed E-state index contributed by atoms with van der Waals surface area (Å²) < 4.78 is 28.8. The van der Waals surface area contributed by atoms with Crippen molar-refractivity contribution >= 4 is 11.5 Å². The summed E-state index contributed by atoms with van der Waals surface area (Å²) in [5.41, 5.74) is 1.06. The highest BCUT2D eigenvalue weighted by molar-refractivity contribution is 5.70. The molecule has 2 rings (SSSR count). The molecule has 0 spiro atoms. The summed E-state index contributed by atoms with van der Waals surface area (Å²) in [6, 6.07) is 0.0813. The monoisotopic (exact) mass is 324 g/mol. The number of hydrogen-bond acceptors (Lipinski definition) is 6. The number of allylic oxidation sites excluding steroid dienone is 2. The lowest BCUT2D eigenvalue weighted by molar-refractivity contribution is -0.144. The van der Waals surface area contributed by atoms with E-state index in [-0.39, 0.29) is 30.4 Å². The van der Waals surface area contributed by atoms with Crippen LogP contribution < -0.4 is 4.74 Å². The lowest BCUT2D eigenvalue weighted by Gasteiger charge is -2.21. The summed E-state index contributed by atoms with van der Waals surface area (Å²) in [5, 5.41) is 0. The summed E-state index contributed by atoms with van der Waals surface area (Å²) in [7, 11) is 1.48. The normalized spacial score (nSPS) is 17.5. The lowest BCUT2D eigenvalue weighted by Crippen LogP contribution is -2.14. The molecule has 1 aromatic rings. The molecule has 23 heavy (non-hydrogen) atoms. The Morgan fingerprint density at radius 1 is 1.48 bits per heavy atom. The molecule has 0 saturated heterocycles. The van der Waals surface area contributed by atoms with Gasteiger partial charge in [0, 0.05) is 13.5 Å². The lowest BCUT2D eigenvalue weighted by atomic mass is 9.86. The first-order valence-corrected chi connectivity index (χ1v) is 7.63. The third-order valence-corrected chi connectivity index (χ3v) is 3.61. The van der Waals surface area contributed by atoms with E-state index in [0.717, 1.165) is 18.2 Å². The van der Waals surface area contributed by atoms with Crippen LogP contribution in [0.5, 0.6) is 6.01 Å². The van der Waals surface area contributed by atoms with Crippen LogP contribution in [0.3, 0.4) is 0 Å². The Labute approximate surface area is 134 Å². The first kappa shape index (κ1) is 17.3. The van der Waals surface area contributed by atoms with Crippen molar-refractivity contribution in [1.29, 1.82) is 0 Å². The third-order valence-electron chi connectivity index (χ3n) is 3.61. The molecule has 0 aliphatic heterocycles. The number of aromatic nitrogens is 2. The van der Waals surface area contributed by atoms with Gasteiger partial charge in [0.15, 0.2) is 12.6 Å². The molecule has 1 unspecified atom stereocenters. The molecule has 1 atom stereocenters. The summed E-state index contributed by atoms with van der Waals surface area (Å²) in [6.07, 6.45) is 5.57. The fourth-order valence-electron chi connectivity index (χ4n) is 2.50. The van der Waals surface area contributed by atoms with Crippen LogP contribution in [0.15, 0.2) is 12.3 Å². The largest absolute Gasteiger partial charge is 0.466 e. The second-order valence-corrected chi connectivity index (χ2v) is 5.28. The number of nitrogens with zero attached hydrogens (tertiary/aromatic N) is 2. The zero-order valence-electron chi connectivity index (χ0n) is 13.4. The van der Waals surface area contributed by atoms with E-state index < -0.39 is 5.82 Å². The van der Waals surface area contributed by atoms with Crippen molar-refractivity contribution in [3.63, 3.8) is 0 Å². The first-order valence-electron chi connectivity index (χ1n) is 7.63. The highest BCUT2D eigenvalue weighted by Crippen LogP contribution is 2.32. The minimum Gasteiger partial charge on any atom is -0.466 e. The molecule has 1 heterocycles. The molecule has 1 aliphatic carbocycles. The van der Waals surface area contributed by atoms with Crippen LogP contribution in [-0.4, -0.2) is 36.4 Å². The second-order valence-electron chi connectivity index (χ2n) is 5.28. The van der Waals surface area contributed by atoms with Crippen LogP contribution in [0.1, 0.15) is 38.3 Å². The maximum absolute atomic E-state index is 14.0. The van der Waals surface area contributed by atoms with Crippen molar-refractivity contribution in [2.24, 2.45) is 5.92 Å². The number of halogens is 1. The second kappa shape index (κ2) is 8.57. The van der Waals surface area contributed by atoms with E-state index in [1.165, 1.54) is 7.11 Å². The molecule has 0 aromatic carbocycles. The predicted octanol–water partition coefficient (Wildman–Crippen LogP) is 2.74. The number of methoxy groups -OCH3 is 1. The summed E-state index contributed by atoms with van der Waals surface area (Å²) >= 11 is 0. The summed E-state index contributed by atoms with van der Waals surface area (Å²) in [5.74, 6) is -0.436. The smallest absolute Gasteiger partial charge is 0.319 e. The molecule has 6 nitrogen and oxygen atoms in total.